The first-order valence-corrected chi connectivity index (χ1v) is 34.8. The highest BCUT2D eigenvalue weighted by Crippen LogP contribution is 2.57. The zero-order valence-electron chi connectivity index (χ0n) is 49.4. The van der Waals surface area contributed by atoms with E-state index in [-0.39, 0.29) is 117 Å². The number of ether oxygens (including phenoxy) is 6. The van der Waals surface area contributed by atoms with E-state index in [1.807, 2.05) is 25.6 Å². The lowest BCUT2D eigenvalue weighted by atomic mass is 9.77. The van der Waals surface area contributed by atoms with Crippen LogP contribution in [0.2, 0.25) is 0 Å². The molecule has 4 aliphatic rings. The summed E-state index contributed by atoms with van der Waals surface area (Å²) in [7, 11) is -12.7. The summed E-state index contributed by atoms with van der Waals surface area (Å²) in [5, 5.41) is 32.5. The first-order valence-electron chi connectivity index (χ1n) is 29.6. The third kappa shape index (κ3) is 21.4. The third-order valence-electron chi connectivity index (χ3n) is 15.2. The number of fused-ring (bicyclic) bond motifs is 7. The maximum absolute atomic E-state index is 13.6. The van der Waals surface area contributed by atoms with E-state index in [0.29, 0.717) is 80.4 Å². The van der Waals surface area contributed by atoms with Gasteiger partial charge in [-0.15, -0.1) is 9.42 Å². The minimum absolute atomic E-state index is 0.00625. The Hall–Kier alpha value is -4.83. The van der Waals surface area contributed by atoms with Crippen LogP contribution in [-0.2, 0) is 70.4 Å². The SMILES string of the molecule is CCC(CC)CCOP(=O)(O)OCC(CCCCNC(=O)c1ccc2c(c1)C(=O)OC21c2ccc(O)cc2Oc2cc(O)ccc21)COP(=O)(O)OCC(COCCOCCOCCOCCCNC(=O)CCCCC1SCC2NC(=O)NC21)O[P+](=O)O. The highest BCUT2D eigenvalue weighted by atomic mass is 32.2. The monoisotopic (exact) mass is 1320 g/mol. The van der Waals surface area contributed by atoms with Crippen LogP contribution >= 0.6 is 35.7 Å². The van der Waals surface area contributed by atoms with Crippen molar-refractivity contribution in [3.8, 4) is 23.0 Å². The summed E-state index contributed by atoms with van der Waals surface area (Å²) in [5.41, 5.74) is 0.0154. The summed E-state index contributed by atoms with van der Waals surface area (Å²) >= 11 is 1.87. The summed E-state index contributed by atoms with van der Waals surface area (Å²) < 4.78 is 97.7. The Morgan fingerprint density at radius 1 is 0.705 bits per heavy atom. The van der Waals surface area contributed by atoms with Crippen molar-refractivity contribution in [3.63, 3.8) is 0 Å². The van der Waals surface area contributed by atoms with Gasteiger partial charge < -0.3 is 69.7 Å². The molecule has 0 saturated carbocycles. The molecule has 3 aromatic rings. The number of carbonyl (C=O) groups is 4. The van der Waals surface area contributed by atoms with Gasteiger partial charge >= 0.3 is 35.9 Å². The maximum atomic E-state index is 13.6. The molecule has 3 aromatic carbocycles. The van der Waals surface area contributed by atoms with Crippen LogP contribution in [0.15, 0.2) is 54.6 Å². The molecule has 488 valence electrons. The van der Waals surface area contributed by atoms with Gasteiger partial charge in [-0.2, -0.15) is 11.8 Å². The number of nitrogens with one attached hydrogen (secondary N) is 4. The Bertz CT molecular complexity index is 2860. The lowest BCUT2D eigenvalue weighted by Gasteiger charge is -2.36. The molecule has 4 heterocycles. The van der Waals surface area contributed by atoms with Crippen molar-refractivity contribution >= 4 is 59.5 Å². The van der Waals surface area contributed by atoms with Gasteiger partial charge in [0.15, 0.2) is 11.7 Å². The fourth-order valence-electron chi connectivity index (χ4n) is 10.5. The van der Waals surface area contributed by atoms with Gasteiger partial charge in [-0.05, 0) is 80.8 Å². The van der Waals surface area contributed by atoms with Crippen LogP contribution in [0.5, 0.6) is 23.0 Å². The number of unbranched alkanes of at least 4 members (excludes halogenated alkanes) is 2. The molecule has 0 radical (unpaired) electrons. The molecule has 4 amide bonds. The number of phosphoric ester groups is 2. The minimum atomic E-state index is -4.90. The van der Waals surface area contributed by atoms with E-state index in [2.05, 4.69) is 21.3 Å². The van der Waals surface area contributed by atoms with E-state index in [4.69, 9.17) is 51.0 Å². The van der Waals surface area contributed by atoms with Crippen molar-refractivity contribution in [1.82, 2.24) is 21.3 Å². The van der Waals surface area contributed by atoms with Crippen LogP contribution in [0.25, 0.3) is 0 Å². The number of benzene rings is 3. The Morgan fingerprint density at radius 3 is 1.98 bits per heavy atom. The molecule has 9 N–H and O–H groups in total. The second-order valence-corrected chi connectivity index (χ2v) is 26.4. The quantitative estimate of drug-likeness (QED) is 0.0114. The summed E-state index contributed by atoms with van der Waals surface area (Å²) in [6.07, 6.45) is 5.63. The van der Waals surface area contributed by atoms with Crippen LogP contribution < -0.4 is 26.0 Å². The molecule has 0 aliphatic carbocycles. The van der Waals surface area contributed by atoms with Crippen molar-refractivity contribution in [2.45, 2.75) is 114 Å². The molecule has 31 heteroatoms. The standard InChI is InChI=1S/C57H81N4O23P3S/c1-3-38(4-2)19-23-78-86(70,71)79-33-39(10-7-8-20-59-54(65)40-13-16-45-44(30-40)55(66)83-57(45)46-17-14-41(62)31-49(46)82-50-32-42(63)15-18-47(50)57)34-80-87(72,73)81-36-43(84-85(68)69)35-77-29-28-76-27-26-75-25-24-74-22-9-21-58-52(64)12-6-5-11-51-53-48(37-88-51)60-56(67)61-53/h13-18,30-32,38-39,43,48,51,53H,3-12,19-29,33-37H2,1-2H3,(H8-,58,59,60,61,62,63,64,65,67,68,69,70,71,72,73)/p+1. The van der Waals surface area contributed by atoms with Crippen LogP contribution in [0.3, 0.4) is 0 Å². The second-order valence-electron chi connectivity index (χ2n) is 21.5. The van der Waals surface area contributed by atoms with Gasteiger partial charge in [-0.1, -0.05) is 45.6 Å². The normalized spacial score (nSPS) is 19.2. The van der Waals surface area contributed by atoms with Crippen LogP contribution in [0.4, 0.5) is 4.79 Å². The maximum Gasteiger partial charge on any atom is 0.695 e. The Balaban J connectivity index is 0.777. The molecule has 7 rings (SSSR count). The molecular formula is C57H82N4O23P3S+. The predicted molar refractivity (Wildman–Crippen MR) is 319 cm³/mol. The van der Waals surface area contributed by atoms with Gasteiger partial charge in [0, 0.05) is 82.0 Å². The number of phenolic OH excluding ortho intramolecular Hbond substituents is 2. The fourth-order valence-corrected chi connectivity index (χ4v) is 14.0. The number of phenols is 2. The van der Waals surface area contributed by atoms with Crippen LogP contribution in [-0.4, -0.2) is 170 Å². The topological polar surface area (TPSA) is 370 Å². The Kier molecular flexibility index (Phi) is 28.2. The number of carbonyl (C=O) groups excluding carboxylic acids is 4. The fraction of sp³-hybridized carbons (Fsp3) is 0.614. The van der Waals surface area contributed by atoms with Crippen molar-refractivity contribution in [3.05, 3.63) is 82.4 Å². The Labute approximate surface area is 516 Å². The molecule has 88 heavy (non-hydrogen) atoms. The number of amides is 4. The number of urea groups is 1. The second kappa shape index (κ2) is 35.1. The Morgan fingerprint density at radius 2 is 1.32 bits per heavy atom. The number of aromatic hydroxyl groups is 2. The number of hydrogen-bond acceptors (Lipinski definition) is 21. The lowest BCUT2D eigenvalue weighted by Crippen LogP contribution is -2.36. The number of phosphoric acid groups is 2. The average molecular weight is 1320 g/mol. The molecular weight excluding hydrogens is 1230 g/mol. The third-order valence-corrected chi connectivity index (χ3v) is 19.1. The van der Waals surface area contributed by atoms with Gasteiger partial charge in [0.25, 0.3) is 5.91 Å². The van der Waals surface area contributed by atoms with Gasteiger partial charge in [0.2, 0.25) is 5.91 Å². The van der Waals surface area contributed by atoms with Crippen molar-refractivity contribution < 1.29 is 109 Å². The van der Waals surface area contributed by atoms with Crippen molar-refractivity contribution in [2.75, 3.05) is 98.1 Å². The number of esters is 1. The molecule has 8 unspecified atom stereocenters. The van der Waals surface area contributed by atoms with E-state index in [9.17, 15) is 57.8 Å². The summed E-state index contributed by atoms with van der Waals surface area (Å²) in [5.74, 6) is -0.604. The van der Waals surface area contributed by atoms with E-state index in [1.165, 1.54) is 36.4 Å². The van der Waals surface area contributed by atoms with Gasteiger partial charge in [-0.3, -0.25) is 27.7 Å². The smallest absolute Gasteiger partial charge is 0.508 e. The van der Waals surface area contributed by atoms with Gasteiger partial charge in [-0.25, -0.2) is 18.7 Å². The average Bonchev–Trinajstić information content (AvgIpc) is 1.49. The first-order chi connectivity index (χ1) is 42.3. The summed E-state index contributed by atoms with van der Waals surface area (Å²) in [4.78, 5) is 81.5. The molecule has 4 aliphatic heterocycles. The van der Waals surface area contributed by atoms with E-state index in [1.54, 1.807) is 18.2 Å². The van der Waals surface area contributed by atoms with E-state index in [0.717, 1.165) is 37.9 Å². The lowest BCUT2D eigenvalue weighted by molar-refractivity contribution is -0.121. The van der Waals surface area contributed by atoms with Crippen LogP contribution in [0.1, 0.15) is 122 Å². The number of hydrogen-bond donors (Lipinski definition) is 9. The summed E-state index contributed by atoms with van der Waals surface area (Å²) in [6, 6.07) is 13.6. The molecule has 1 spiro atoms. The highest BCUT2D eigenvalue weighted by Gasteiger charge is 2.54. The molecule has 0 aromatic heterocycles. The largest absolute Gasteiger partial charge is 0.695 e. The van der Waals surface area contributed by atoms with Gasteiger partial charge in [0.1, 0.15) is 23.0 Å². The van der Waals surface area contributed by atoms with E-state index >= 15 is 0 Å². The zero-order chi connectivity index (χ0) is 63.1. The molecule has 0 bridgehead atoms. The predicted octanol–water partition coefficient (Wildman–Crippen LogP) is 7.61. The number of thioether (sulfide) groups is 1. The molecule has 8 atom stereocenters. The highest BCUT2D eigenvalue weighted by molar-refractivity contribution is 8.00. The van der Waals surface area contributed by atoms with Crippen LogP contribution in [0, 0.1) is 11.8 Å². The molecule has 27 nitrogen and oxygen atoms in total. The summed E-state index contributed by atoms with van der Waals surface area (Å²) in [6.45, 7) is 4.40. The van der Waals surface area contributed by atoms with Crippen molar-refractivity contribution in [2.24, 2.45) is 11.8 Å². The minimum Gasteiger partial charge on any atom is -0.508 e. The molecule has 2 saturated heterocycles. The van der Waals surface area contributed by atoms with E-state index < -0.39 is 73.2 Å². The van der Waals surface area contributed by atoms with Gasteiger partial charge in [0.05, 0.1) is 90.3 Å². The number of rotatable bonds is 43. The molecule has 2 fully saturated rings. The first kappa shape index (κ1) is 70.6. The zero-order valence-corrected chi connectivity index (χ0v) is 52.9. The van der Waals surface area contributed by atoms with Crippen molar-refractivity contribution in [1.29, 1.82) is 0 Å².